The standard InChI is InChI=1S/C16H13NO7S/c18-13-6-5-11(16(21)22)9-14(13)25(23,24)17-12-3-1-2-10(8-12)4-7-15(19)20/h1-9,17-18H,(H,19,20)(H,21,22)/b7-4+. The van der Waals surface area contributed by atoms with E-state index in [4.69, 9.17) is 10.2 Å². The number of aliphatic carboxylic acids is 1. The number of rotatable bonds is 6. The molecule has 0 fully saturated rings. The second-order valence-corrected chi connectivity index (χ2v) is 6.54. The van der Waals surface area contributed by atoms with Crippen molar-refractivity contribution in [3.05, 3.63) is 59.7 Å². The van der Waals surface area contributed by atoms with Gasteiger partial charge >= 0.3 is 11.9 Å². The minimum absolute atomic E-state index is 0.118. The van der Waals surface area contributed by atoms with E-state index in [1.54, 1.807) is 6.07 Å². The molecule has 0 saturated carbocycles. The summed E-state index contributed by atoms with van der Waals surface area (Å²) in [4.78, 5) is 20.9. The van der Waals surface area contributed by atoms with Crippen LogP contribution in [0.2, 0.25) is 0 Å². The van der Waals surface area contributed by atoms with Gasteiger partial charge in [0.15, 0.2) is 0 Å². The smallest absolute Gasteiger partial charge is 0.335 e. The summed E-state index contributed by atoms with van der Waals surface area (Å²) >= 11 is 0. The molecule has 0 aliphatic heterocycles. The average molecular weight is 363 g/mol. The third kappa shape index (κ3) is 4.58. The Balaban J connectivity index is 2.36. The van der Waals surface area contributed by atoms with Crippen LogP contribution in [0.4, 0.5) is 5.69 Å². The molecule has 0 bridgehead atoms. The number of aromatic carboxylic acids is 1. The van der Waals surface area contributed by atoms with E-state index in [9.17, 15) is 23.1 Å². The lowest BCUT2D eigenvalue weighted by atomic mass is 10.2. The predicted octanol–water partition coefficient (Wildman–Crippen LogP) is 1.99. The molecule has 9 heteroatoms. The van der Waals surface area contributed by atoms with E-state index in [2.05, 4.69) is 4.72 Å². The van der Waals surface area contributed by atoms with E-state index in [-0.39, 0.29) is 11.3 Å². The second kappa shape index (κ2) is 7.05. The van der Waals surface area contributed by atoms with Crippen LogP contribution in [0.25, 0.3) is 6.08 Å². The maximum atomic E-state index is 12.4. The van der Waals surface area contributed by atoms with Crippen molar-refractivity contribution in [3.8, 4) is 5.75 Å². The van der Waals surface area contributed by atoms with Gasteiger partial charge in [-0.25, -0.2) is 18.0 Å². The van der Waals surface area contributed by atoms with Crippen LogP contribution in [0.1, 0.15) is 15.9 Å². The molecule has 2 aromatic carbocycles. The van der Waals surface area contributed by atoms with Gasteiger partial charge in [0.05, 0.1) is 5.56 Å². The van der Waals surface area contributed by atoms with Crippen LogP contribution >= 0.6 is 0 Å². The molecule has 4 N–H and O–H groups in total. The molecule has 25 heavy (non-hydrogen) atoms. The van der Waals surface area contributed by atoms with Crippen molar-refractivity contribution >= 4 is 33.7 Å². The molecule has 0 radical (unpaired) electrons. The van der Waals surface area contributed by atoms with Crippen molar-refractivity contribution in [1.29, 1.82) is 0 Å². The SMILES string of the molecule is O=C(O)/C=C/c1cccc(NS(=O)(=O)c2cc(C(=O)O)ccc2O)c1. The van der Waals surface area contributed by atoms with E-state index in [0.717, 1.165) is 24.3 Å². The highest BCUT2D eigenvalue weighted by Crippen LogP contribution is 2.26. The van der Waals surface area contributed by atoms with Crippen molar-refractivity contribution in [2.75, 3.05) is 4.72 Å². The zero-order valence-electron chi connectivity index (χ0n) is 12.6. The van der Waals surface area contributed by atoms with Crippen molar-refractivity contribution in [2.45, 2.75) is 4.90 Å². The number of carboxylic acid groups (broad SMARTS) is 2. The van der Waals surface area contributed by atoms with Gasteiger partial charge in [0.2, 0.25) is 0 Å². The highest BCUT2D eigenvalue weighted by Gasteiger charge is 2.21. The maximum absolute atomic E-state index is 12.4. The summed E-state index contributed by atoms with van der Waals surface area (Å²) in [5.41, 5.74) is 0.259. The van der Waals surface area contributed by atoms with E-state index < -0.39 is 32.6 Å². The molecule has 0 aliphatic rings. The van der Waals surface area contributed by atoms with Crippen molar-refractivity contribution in [2.24, 2.45) is 0 Å². The Labute approximate surface area is 142 Å². The molecule has 0 aliphatic carbocycles. The molecule has 0 unspecified atom stereocenters. The van der Waals surface area contributed by atoms with Crippen LogP contribution in [0, 0.1) is 0 Å². The lowest BCUT2D eigenvalue weighted by molar-refractivity contribution is -0.131. The number of phenolic OH excluding ortho intramolecular Hbond substituents is 1. The fourth-order valence-corrected chi connectivity index (χ4v) is 3.12. The molecule has 0 spiro atoms. The molecular weight excluding hydrogens is 350 g/mol. The molecule has 130 valence electrons. The Morgan fingerprint density at radius 2 is 1.76 bits per heavy atom. The number of anilines is 1. The fourth-order valence-electron chi connectivity index (χ4n) is 1.95. The van der Waals surface area contributed by atoms with E-state index in [0.29, 0.717) is 5.56 Å². The van der Waals surface area contributed by atoms with Gasteiger partial charge in [-0.2, -0.15) is 0 Å². The van der Waals surface area contributed by atoms with Crippen molar-refractivity contribution in [3.63, 3.8) is 0 Å². The predicted molar refractivity (Wildman–Crippen MR) is 89.0 cm³/mol. The number of phenols is 1. The molecule has 2 aromatic rings. The van der Waals surface area contributed by atoms with Gasteiger partial charge < -0.3 is 15.3 Å². The normalized spacial score (nSPS) is 11.4. The molecule has 0 amide bonds. The monoisotopic (exact) mass is 363 g/mol. The molecule has 0 aromatic heterocycles. The molecule has 0 saturated heterocycles. The molecule has 0 heterocycles. The minimum Gasteiger partial charge on any atom is -0.507 e. The quantitative estimate of drug-likeness (QED) is 0.575. The van der Waals surface area contributed by atoms with Gasteiger partial charge in [0.1, 0.15) is 10.6 Å². The third-order valence-corrected chi connectivity index (χ3v) is 4.46. The van der Waals surface area contributed by atoms with Crippen LogP contribution < -0.4 is 4.72 Å². The van der Waals surface area contributed by atoms with Crippen LogP contribution in [-0.2, 0) is 14.8 Å². The summed E-state index contributed by atoms with van der Waals surface area (Å²) in [5, 5.41) is 27.3. The summed E-state index contributed by atoms with van der Waals surface area (Å²) in [6, 6.07) is 8.78. The lowest BCUT2D eigenvalue weighted by Gasteiger charge is -2.10. The van der Waals surface area contributed by atoms with E-state index in [1.165, 1.54) is 24.3 Å². The Kier molecular flexibility index (Phi) is 5.08. The first-order valence-electron chi connectivity index (χ1n) is 6.79. The average Bonchev–Trinajstić information content (AvgIpc) is 2.52. The van der Waals surface area contributed by atoms with Crippen LogP contribution in [-0.4, -0.2) is 35.7 Å². The van der Waals surface area contributed by atoms with Crippen LogP contribution in [0.5, 0.6) is 5.75 Å². The number of aromatic hydroxyl groups is 1. The number of hydrogen-bond acceptors (Lipinski definition) is 5. The van der Waals surface area contributed by atoms with Crippen LogP contribution in [0.3, 0.4) is 0 Å². The van der Waals surface area contributed by atoms with E-state index >= 15 is 0 Å². The Morgan fingerprint density at radius 3 is 2.40 bits per heavy atom. The number of carboxylic acids is 2. The van der Waals surface area contributed by atoms with Crippen molar-refractivity contribution in [1.82, 2.24) is 0 Å². The van der Waals surface area contributed by atoms with Gasteiger partial charge in [-0.3, -0.25) is 4.72 Å². The highest BCUT2D eigenvalue weighted by molar-refractivity contribution is 7.92. The zero-order valence-corrected chi connectivity index (χ0v) is 13.4. The number of sulfonamides is 1. The first-order valence-corrected chi connectivity index (χ1v) is 8.27. The number of nitrogens with one attached hydrogen (secondary N) is 1. The Hall–Kier alpha value is -3.33. The lowest BCUT2D eigenvalue weighted by Crippen LogP contribution is -2.14. The first kappa shape index (κ1) is 18.0. The number of hydrogen-bond donors (Lipinski definition) is 4. The summed E-state index contributed by atoms with van der Waals surface area (Å²) in [6.45, 7) is 0. The maximum Gasteiger partial charge on any atom is 0.335 e. The van der Waals surface area contributed by atoms with Gasteiger partial charge in [-0.1, -0.05) is 12.1 Å². The number of benzene rings is 2. The van der Waals surface area contributed by atoms with Gasteiger partial charge in [-0.15, -0.1) is 0 Å². The molecule has 2 rings (SSSR count). The zero-order chi connectivity index (χ0) is 18.6. The topological polar surface area (TPSA) is 141 Å². The summed E-state index contributed by atoms with van der Waals surface area (Å²) in [7, 11) is -4.25. The molecule has 0 atom stereocenters. The first-order chi connectivity index (χ1) is 11.7. The third-order valence-electron chi connectivity index (χ3n) is 3.05. The van der Waals surface area contributed by atoms with Gasteiger partial charge in [0, 0.05) is 11.8 Å². The summed E-state index contributed by atoms with van der Waals surface area (Å²) in [5.74, 6) is -3.09. The summed E-state index contributed by atoms with van der Waals surface area (Å²) < 4.78 is 27.0. The van der Waals surface area contributed by atoms with Gasteiger partial charge in [0.25, 0.3) is 10.0 Å². The fraction of sp³-hybridized carbons (Fsp3) is 0. The summed E-state index contributed by atoms with van der Waals surface area (Å²) in [6.07, 6.45) is 2.18. The van der Waals surface area contributed by atoms with Crippen molar-refractivity contribution < 1.29 is 33.3 Å². The van der Waals surface area contributed by atoms with Crippen LogP contribution in [0.15, 0.2) is 53.4 Å². The Morgan fingerprint density at radius 1 is 1.04 bits per heavy atom. The molecule has 8 nitrogen and oxygen atoms in total. The minimum atomic E-state index is -4.25. The number of carbonyl (C=O) groups is 2. The highest BCUT2D eigenvalue weighted by atomic mass is 32.2. The van der Waals surface area contributed by atoms with Gasteiger partial charge in [-0.05, 0) is 42.0 Å². The van der Waals surface area contributed by atoms with E-state index in [1.807, 2.05) is 0 Å². The Bertz CT molecular complexity index is 964. The largest absolute Gasteiger partial charge is 0.507 e. The molecular formula is C16H13NO7S. The second-order valence-electron chi connectivity index (χ2n) is 4.89.